The second-order valence-corrected chi connectivity index (χ2v) is 10.5. The number of methoxy groups -OCH3 is 1. The summed E-state index contributed by atoms with van der Waals surface area (Å²) in [4.78, 5) is 17.5. The summed E-state index contributed by atoms with van der Waals surface area (Å²) in [5.41, 5.74) is 0.937. The predicted molar refractivity (Wildman–Crippen MR) is 126 cm³/mol. The van der Waals surface area contributed by atoms with E-state index in [1.807, 2.05) is 29.7 Å². The molecule has 172 valence electrons. The van der Waals surface area contributed by atoms with E-state index >= 15 is 0 Å². The lowest BCUT2D eigenvalue weighted by molar-refractivity contribution is -0.118. The Kier molecular flexibility index (Phi) is 8.47. The number of hydrogen-bond donors (Lipinski definition) is 0. The highest BCUT2D eigenvalue weighted by atomic mass is 35.5. The van der Waals surface area contributed by atoms with Crippen LogP contribution in [0.1, 0.15) is 19.8 Å². The zero-order valence-corrected chi connectivity index (χ0v) is 20.3. The third kappa shape index (κ3) is 6.19. The molecule has 0 unspecified atom stereocenters. The molecule has 0 atom stereocenters. The fourth-order valence-corrected chi connectivity index (χ4v) is 5.66. The minimum Gasteiger partial charge on any atom is -0.497 e. The van der Waals surface area contributed by atoms with Gasteiger partial charge in [-0.3, -0.25) is 4.79 Å². The molecule has 0 aliphatic rings. The van der Waals surface area contributed by atoms with Gasteiger partial charge in [-0.1, -0.05) is 22.9 Å². The summed E-state index contributed by atoms with van der Waals surface area (Å²) in [6.07, 6.45) is 0.223. The third-order valence-corrected chi connectivity index (χ3v) is 7.86. The number of rotatable bonds is 10. The Hall–Kier alpha value is -2.20. The van der Waals surface area contributed by atoms with Crippen molar-refractivity contribution in [3.8, 4) is 5.75 Å². The standard InChI is InChI=1S/C22H25ClN2O5S2/c1-3-30-13-12-25-19-11-8-17(29-2)15-20(19)31-22(25)24-21(26)5-4-14-32(27,28)18-9-6-16(23)7-10-18/h6-11,15H,3-5,12-14H2,1-2H3. The van der Waals surface area contributed by atoms with Crippen molar-refractivity contribution >= 4 is 48.9 Å². The summed E-state index contributed by atoms with van der Waals surface area (Å²) in [7, 11) is -1.88. The van der Waals surface area contributed by atoms with Crippen molar-refractivity contribution in [2.24, 2.45) is 4.99 Å². The molecule has 0 radical (unpaired) electrons. The van der Waals surface area contributed by atoms with Crippen LogP contribution in [-0.4, -0.2) is 45.0 Å². The maximum absolute atomic E-state index is 12.5. The van der Waals surface area contributed by atoms with Crippen LogP contribution in [-0.2, 0) is 25.9 Å². The molecule has 0 bridgehead atoms. The smallest absolute Gasteiger partial charge is 0.248 e. The van der Waals surface area contributed by atoms with E-state index in [1.54, 1.807) is 7.11 Å². The van der Waals surface area contributed by atoms with Crippen molar-refractivity contribution < 1.29 is 22.7 Å². The number of thiazole rings is 1. The number of carbonyl (C=O) groups excluding carboxylic acids is 1. The molecular weight excluding hydrogens is 472 g/mol. The van der Waals surface area contributed by atoms with Gasteiger partial charge in [-0.25, -0.2) is 8.42 Å². The molecule has 0 aliphatic carbocycles. The molecule has 1 heterocycles. The molecule has 32 heavy (non-hydrogen) atoms. The predicted octanol–water partition coefficient (Wildman–Crippen LogP) is 4.08. The number of halogens is 1. The Morgan fingerprint density at radius 3 is 2.62 bits per heavy atom. The van der Waals surface area contributed by atoms with E-state index in [0.29, 0.717) is 29.6 Å². The molecule has 3 rings (SSSR count). The average Bonchev–Trinajstić information content (AvgIpc) is 3.10. The summed E-state index contributed by atoms with van der Waals surface area (Å²) >= 11 is 7.20. The average molecular weight is 497 g/mol. The number of benzene rings is 2. The lowest BCUT2D eigenvalue weighted by Gasteiger charge is -2.06. The maximum atomic E-state index is 12.5. The number of amides is 1. The van der Waals surface area contributed by atoms with Crippen LogP contribution in [0.15, 0.2) is 52.4 Å². The molecule has 2 aromatic carbocycles. The van der Waals surface area contributed by atoms with Crippen LogP contribution in [0.2, 0.25) is 5.02 Å². The summed E-state index contributed by atoms with van der Waals surface area (Å²) in [6, 6.07) is 11.7. The largest absolute Gasteiger partial charge is 0.497 e. The second kappa shape index (κ2) is 11.1. The van der Waals surface area contributed by atoms with Crippen LogP contribution >= 0.6 is 22.9 Å². The number of fused-ring (bicyclic) bond motifs is 1. The van der Waals surface area contributed by atoms with Crippen LogP contribution in [0.3, 0.4) is 0 Å². The summed E-state index contributed by atoms with van der Waals surface area (Å²) < 4.78 is 38.5. The molecule has 0 saturated carbocycles. The molecule has 0 N–H and O–H groups in total. The van der Waals surface area contributed by atoms with E-state index in [4.69, 9.17) is 21.1 Å². The number of sulfone groups is 1. The van der Waals surface area contributed by atoms with Crippen molar-refractivity contribution in [3.63, 3.8) is 0 Å². The maximum Gasteiger partial charge on any atom is 0.248 e. The van der Waals surface area contributed by atoms with Gasteiger partial charge in [-0.15, -0.1) is 0 Å². The van der Waals surface area contributed by atoms with Crippen molar-refractivity contribution in [3.05, 3.63) is 52.3 Å². The fraction of sp³-hybridized carbons (Fsp3) is 0.364. The van der Waals surface area contributed by atoms with E-state index in [-0.39, 0.29) is 29.4 Å². The quantitative estimate of drug-likeness (QED) is 0.395. The van der Waals surface area contributed by atoms with Gasteiger partial charge in [0.2, 0.25) is 5.91 Å². The summed E-state index contributed by atoms with van der Waals surface area (Å²) in [5, 5.41) is 0.469. The van der Waals surface area contributed by atoms with Crippen molar-refractivity contribution in [2.75, 3.05) is 26.1 Å². The van der Waals surface area contributed by atoms with E-state index < -0.39 is 9.84 Å². The molecule has 0 fully saturated rings. The lowest BCUT2D eigenvalue weighted by Crippen LogP contribution is -2.20. The molecule has 1 amide bonds. The molecule has 10 heteroatoms. The Morgan fingerprint density at radius 2 is 1.94 bits per heavy atom. The normalized spacial score (nSPS) is 12.4. The van der Waals surface area contributed by atoms with Gasteiger partial charge in [-0.05, 0) is 55.8 Å². The Bertz CT molecular complexity index is 1250. The minimum absolute atomic E-state index is 0.0375. The zero-order valence-electron chi connectivity index (χ0n) is 17.9. The zero-order chi connectivity index (χ0) is 23.1. The summed E-state index contributed by atoms with van der Waals surface area (Å²) in [6.45, 7) is 3.57. The van der Waals surface area contributed by atoms with Crippen molar-refractivity contribution in [1.29, 1.82) is 0 Å². The van der Waals surface area contributed by atoms with E-state index in [9.17, 15) is 13.2 Å². The van der Waals surface area contributed by atoms with Crippen LogP contribution in [0.4, 0.5) is 0 Å². The topological polar surface area (TPSA) is 87.0 Å². The number of nitrogens with zero attached hydrogens (tertiary/aromatic N) is 2. The fourth-order valence-electron chi connectivity index (χ4n) is 3.12. The second-order valence-electron chi connectivity index (χ2n) is 6.95. The molecule has 0 spiro atoms. The first kappa shape index (κ1) is 24.4. The highest BCUT2D eigenvalue weighted by molar-refractivity contribution is 7.91. The van der Waals surface area contributed by atoms with Gasteiger partial charge in [-0.2, -0.15) is 4.99 Å². The minimum atomic E-state index is -3.48. The van der Waals surface area contributed by atoms with Gasteiger partial charge >= 0.3 is 0 Å². The number of ether oxygens (including phenoxy) is 2. The monoisotopic (exact) mass is 496 g/mol. The van der Waals surface area contributed by atoms with Crippen molar-refractivity contribution in [2.45, 2.75) is 31.2 Å². The Labute approximate surface area is 196 Å². The Balaban J connectivity index is 1.75. The lowest BCUT2D eigenvalue weighted by atomic mass is 10.3. The highest BCUT2D eigenvalue weighted by Gasteiger charge is 2.15. The van der Waals surface area contributed by atoms with Gasteiger partial charge in [0.05, 0.1) is 34.6 Å². The van der Waals surface area contributed by atoms with Gasteiger partial charge < -0.3 is 14.0 Å². The number of aromatic nitrogens is 1. The van der Waals surface area contributed by atoms with Gasteiger partial charge in [0.15, 0.2) is 14.6 Å². The van der Waals surface area contributed by atoms with Gasteiger partial charge in [0.1, 0.15) is 5.75 Å². The van der Waals surface area contributed by atoms with Gasteiger partial charge in [0, 0.05) is 24.6 Å². The molecule has 3 aromatic rings. The Morgan fingerprint density at radius 1 is 1.19 bits per heavy atom. The molecular formula is C22H25ClN2O5S2. The van der Waals surface area contributed by atoms with E-state index in [1.165, 1.54) is 35.6 Å². The SMILES string of the molecule is CCOCCn1c(=NC(=O)CCCS(=O)(=O)c2ccc(Cl)cc2)sc2cc(OC)ccc21. The summed E-state index contributed by atoms with van der Waals surface area (Å²) in [5.74, 6) is 0.227. The van der Waals surface area contributed by atoms with Crippen LogP contribution in [0.5, 0.6) is 5.75 Å². The highest BCUT2D eigenvalue weighted by Crippen LogP contribution is 2.23. The number of hydrogen-bond acceptors (Lipinski definition) is 6. The molecule has 0 saturated heterocycles. The van der Waals surface area contributed by atoms with Crippen LogP contribution < -0.4 is 9.54 Å². The molecule has 1 aromatic heterocycles. The first-order valence-corrected chi connectivity index (χ1v) is 13.0. The van der Waals surface area contributed by atoms with Gasteiger partial charge in [0.25, 0.3) is 0 Å². The van der Waals surface area contributed by atoms with E-state index in [2.05, 4.69) is 4.99 Å². The van der Waals surface area contributed by atoms with Crippen LogP contribution in [0, 0.1) is 0 Å². The first-order chi connectivity index (χ1) is 15.3. The van der Waals surface area contributed by atoms with Crippen LogP contribution in [0.25, 0.3) is 10.2 Å². The molecule has 7 nitrogen and oxygen atoms in total. The van der Waals surface area contributed by atoms with E-state index in [0.717, 1.165) is 16.0 Å². The number of carbonyl (C=O) groups is 1. The first-order valence-electron chi connectivity index (χ1n) is 10.1. The third-order valence-electron chi connectivity index (χ3n) is 4.75. The van der Waals surface area contributed by atoms with Crippen molar-refractivity contribution in [1.82, 2.24) is 4.57 Å². The molecule has 0 aliphatic heterocycles.